The number of nitrogens with zero attached hydrogens (tertiary/aromatic N) is 1. The fourth-order valence-electron chi connectivity index (χ4n) is 2.17. The Labute approximate surface area is 94.0 Å². The molecule has 3 nitrogen and oxygen atoms in total. The molecule has 3 heteroatoms. The van der Waals surface area contributed by atoms with Crippen LogP contribution in [-0.4, -0.2) is 43.8 Å². The van der Waals surface area contributed by atoms with Gasteiger partial charge in [-0.25, -0.2) is 0 Å². The van der Waals surface area contributed by atoms with Crippen molar-refractivity contribution in [1.29, 1.82) is 0 Å². The van der Waals surface area contributed by atoms with Crippen molar-refractivity contribution in [3.05, 3.63) is 0 Å². The highest BCUT2D eigenvalue weighted by molar-refractivity contribution is 4.72. The van der Waals surface area contributed by atoms with Gasteiger partial charge in [0.25, 0.3) is 0 Å². The van der Waals surface area contributed by atoms with Crippen molar-refractivity contribution in [3.63, 3.8) is 0 Å². The van der Waals surface area contributed by atoms with Crippen LogP contribution in [0.15, 0.2) is 0 Å². The summed E-state index contributed by atoms with van der Waals surface area (Å²) in [6.07, 6.45) is 6.62. The molecule has 1 atom stereocenters. The van der Waals surface area contributed by atoms with Gasteiger partial charge in [0.15, 0.2) is 0 Å². The van der Waals surface area contributed by atoms with Gasteiger partial charge < -0.3 is 15.4 Å². The van der Waals surface area contributed by atoms with Crippen molar-refractivity contribution in [2.24, 2.45) is 5.73 Å². The first-order valence-corrected chi connectivity index (χ1v) is 6.23. The summed E-state index contributed by atoms with van der Waals surface area (Å²) in [7, 11) is 1.82. The van der Waals surface area contributed by atoms with Crippen molar-refractivity contribution in [3.8, 4) is 0 Å². The molecule has 90 valence electrons. The van der Waals surface area contributed by atoms with Gasteiger partial charge >= 0.3 is 0 Å². The van der Waals surface area contributed by atoms with Gasteiger partial charge in [-0.05, 0) is 39.2 Å². The second kappa shape index (κ2) is 7.20. The van der Waals surface area contributed by atoms with Crippen molar-refractivity contribution in [2.75, 3.05) is 26.7 Å². The SMILES string of the molecule is COC1CCN(CCCCC(C)N)CC1. The lowest BCUT2D eigenvalue weighted by atomic mass is 10.1. The highest BCUT2D eigenvalue weighted by atomic mass is 16.5. The molecule has 0 saturated carbocycles. The van der Waals surface area contributed by atoms with E-state index in [9.17, 15) is 0 Å². The molecule has 0 radical (unpaired) electrons. The van der Waals surface area contributed by atoms with Crippen molar-refractivity contribution < 1.29 is 4.74 Å². The lowest BCUT2D eigenvalue weighted by Gasteiger charge is -2.31. The minimum Gasteiger partial charge on any atom is -0.381 e. The maximum Gasteiger partial charge on any atom is 0.0595 e. The molecule has 0 amide bonds. The fraction of sp³-hybridized carbons (Fsp3) is 1.00. The molecule has 0 aromatic heterocycles. The number of hydrogen-bond donors (Lipinski definition) is 1. The number of ether oxygens (including phenoxy) is 1. The molecule has 0 aromatic carbocycles. The average molecular weight is 214 g/mol. The zero-order valence-corrected chi connectivity index (χ0v) is 10.2. The quantitative estimate of drug-likeness (QED) is 0.683. The highest BCUT2D eigenvalue weighted by Crippen LogP contribution is 2.13. The molecule has 15 heavy (non-hydrogen) atoms. The van der Waals surface area contributed by atoms with Gasteiger partial charge in [-0.15, -0.1) is 0 Å². The van der Waals surface area contributed by atoms with Crippen LogP contribution in [0.3, 0.4) is 0 Å². The Bertz CT molecular complexity index is 154. The van der Waals surface area contributed by atoms with Gasteiger partial charge in [-0.3, -0.25) is 0 Å². The summed E-state index contributed by atoms with van der Waals surface area (Å²) in [5.74, 6) is 0. The van der Waals surface area contributed by atoms with Crippen molar-refractivity contribution in [1.82, 2.24) is 4.90 Å². The second-order valence-corrected chi connectivity index (χ2v) is 4.75. The van der Waals surface area contributed by atoms with E-state index in [-0.39, 0.29) is 0 Å². The average Bonchev–Trinajstić information content (AvgIpc) is 2.25. The third kappa shape index (κ3) is 5.50. The summed E-state index contributed by atoms with van der Waals surface area (Å²) >= 11 is 0. The molecule has 1 saturated heterocycles. The van der Waals surface area contributed by atoms with Crippen LogP contribution in [0.5, 0.6) is 0 Å². The van der Waals surface area contributed by atoms with Crippen LogP contribution >= 0.6 is 0 Å². The molecular formula is C12H26N2O. The molecule has 1 fully saturated rings. The van der Waals surface area contributed by atoms with Crippen molar-refractivity contribution >= 4 is 0 Å². The third-order valence-electron chi connectivity index (χ3n) is 3.25. The number of rotatable bonds is 6. The maximum atomic E-state index is 5.72. The number of methoxy groups -OCH3 is 1. The molecule has 0 aliphatic carbocycles. The van der Waals surface area contributed by atoms with Gasteiger partial charge in [0.1, 0.15) is 0 Å². The van der Waals surface area contributed by atoms with Gasteiger partial charge in [-0.1, -0.05) is 6.42 Å². The number of nitrogens with two attached hydrogens (primary N) is 1. The number of unbranched alkanes of at least 4 members (excludes halogenated alkanes) is 1. The molecule has 0 bridgehead atoms. The second-order valence-electron chi connectivity index (χ2n) is 4.75. The Balaban J connectivity index is 1.99. The predicted octanol–water partition coefficient (Wildman–Crippen LogP) is 1.61. The van der Waals surface area contributed by atoms with E-state index in [1.165, 1.54) is 45.3 Å². The van der Waals surface area contributed by atoms with Crippen molar-refractivity contribution in [2.45, 2.75) is 51.2 Å². The van der Waals surface area contributed by atoms with E-state index in [2.05, 4.69) is 11.8 Å². The number of piperidine rings is 1. The smallest absolute Gasteiger partial charge is 0.0595 e. The molecule has 1 aliphatic rings. The summed E-state index contributed by atoms with van der Waals surface area (Å²) < 4.78 is 5.35. The Morgan fingerprint density at radius 1 is 1.33 bits per heavy atom. The molecular weight excluding hydrogens is 188 g/mol. The monoisotopic (exact) mass is 214 g/mol. The van der Waals surface area contributed by atoms with E-state index in [0.29, 0.717) is 12.1 Å². The summed E-state index contributed by atoms with van der Waals surface area (Å²) in [6, 6.07) is 0.365. The van der Waals surface area contributed by atoms with Crippen LogP contribution in [0, 0.1) is 0 Å². The first-order chi connectivity index (χ1) is 7.22. The van der Waals surface area contributed by atoms with Crippen LogP contribution in [0.25, 0.3) is 0 Å². The number of likely N-dealkylation sites (tertiary alicyclic amines) is 1. The largest absolute Gasteiger partial charge is 0.381 e. The molecule has 0 aromatic rings. The summed E-state index contributed by atoms with van der Waals surface area (Å²) in [5.41, 5.74) is 5.72. The first-order valence-electron chi connectivity index (χ1n) is 6.23. The molecule has 0 spiro atoms. The maximum absolute atomic E-state index is 5.72. The van der Waals surface area contributed by atoms with E-state index in [1.807, 2.05) is 7.11 Å². The summed E-state index contributed by atoms with van der Waals surface area (Å²) in [6.45, 7) is 5.74. The molecule has 2 N–H and O–H groups in total. The number of hydrogen-bond acceptors (Lipinski definition) is 3. The third-order valence-corrected chi connectivity index (χ3v) is 3.25. The minimum atomic E-state index is 0.365. The van der Waals surface area contributed by atoms with Gasteiger partial charge in [0.2, 0.25) is 0 Å². The van der Waals surface area contributed by atoms with Gasteiger partial charge in [0.05, 0.1) is 6.10 Å². The van der Waals surface area contributed by atoms with Crippen LogP contribution in [0.2, 0.25) is 0 Å². The van der Waals surface area contributed by atoms with Crippen LogP contribution in [-0.2, 0) is 4.74 Å². The van der Waals surface area contributed by atoms with E-state index in [0.717, 1.165) is 6.42 Å². The zero-order valence-electron chi connectivity index (χ0n) is 10.2. The highest BCUT2D eigenvalue weighted by Gasteiger charge is 2.17. The normalized spacial score (nSPS) is 21.8. The topological polar surface area (TPSA) is 38.5 Å². The van der Waals surface area contributed by atoms with E-state index in [4.69, 9.17) is 10.5 Å². The predicted molar refractivity (Wildman–Crippen MR) is 64.0 cm³/mol. The summed E-state index contributed by atoms with van der Waals surface area (Å²) in [5, 5.41) is 0. The lowest BCUT2D eigenvalue weighted by Crippen LogP contribution is -2.37. The Hall–Kier alpha value is -0.120. The molecule has 1 aliphatic heterocycles. The summed E-state index contributed by atoms with van der Waals surface area (Å²) in [4.78, 5) is 2.55. The van der Waals surface area contributed by atoms with E-state index in [1.54, 1.807) is 0 Å². The molecule has 1 rings (SSSR count). The van der Waals surface area contributed by atoms with E-state index >= 15 is 0 Å². The standard InChI is InChI=1S/C12H26N2O/c1-11(13)5-3-4-8-14-9-6-12(15-2)7-10-14/h11-12H,3-10,13H2,1-2H3. The molecule has 1 heterocycles. The minimum absolute atomic E-state index is 0.365. The first kappa shape index (κ1) is 12.9. The van der Waals surface area contributed by atoms with Crippen LogP contribution in [0.1, 0.15) is 39.0 Å². The Morgan fingerprint density at radius 2 is 2.00 bits per heavy atom. The Morgan fingerprint density at radius 3 is 2.53 bits per heavy atom. The zero-order chi connectivity index (χ0) is 11.1. The lowest BCUT2D eigenvalue weighted by molar-refractivity contribution is 0.0407. The van der Waals surface area contributed by atoms with Gasteiger partial charge in [-0.2, -0.15) is 0 Å². The van der Waals surface area contributed by atoms with E-state index < -0.39 is 0 Å². The Kier molecular flexibility index (Phi) is 6.22. The molecule has 1 unspecified atom stereocenters. The fourth-order valence-corrected chi connectivity index (χ4v) is 2.17. The van der Waals surface area contributed by atoms with Gasteiger partial charge in [0, 0.05) is 26.2 Å². The van der Waals surface area contributed by atoms with Crippen LogP contribution in [0.4, 0.5) is 0 Å². The van der Waals surface area contributed by atoms with Crippen LogP contribution < -0.4 is 5.73 Å².